The highest BCUT2D eigenvalue weighted by atomic mass is 32.1. The molecule has 1 N–H and O–H groups in total. The van der Waals surface area contributed by atoms with Crippen molar-refractivity contribution in [2.24, 2.45) is 0 Å². The summed E-state index contributed by atoms with van der Waals surface area (Å²) in [6, 6.07) is 8.26. The summed E-state index contributed by atoms with van der Waals surface area (Å²) >= 11 is 1.68. The zero-order valence-electron chi connectivity index (χ0n) is 11.5. The Labute approximate surface area is 118 Å². The Hall–Kier alpha value is -1.39. The summed E-state index contributed by atoms with van der Waals surface area (Å²) < 4.78 is 5.74. The van der Waals surface area contributed by atoms with E-state index in [9.17, 15) is 0 Å². The maximum absolute atomic E-state index is 5.74. The first kappa shape index (κ1) is 14.0. The van der Waals surface area contributed by atoms with Crippen LogP contribution < -0.4 is 10.1 Å². The lowest BCUT2D eigenvalue weighted by atomic mass is 10.2. The predicted octanol–water partition coefficient (Wildman–Crippen LogP) is 3.53. The largest absolute Gasteiger partial charge is 0.488 e. The number of hydrogen-bond acceptors (Lipinski definition) is 4. The molecule has 0 fully saturated rings. The van der Waals surface area contributed by atoms with E-state index in [0.717, 1.165) is 35.1 Å². The van der Waals surface area contributed by atoms with Gasteiger partial charge in [-0.05, 0) is 37.6 Å². The molecule has 0 aliphatic carbocycles. The molecule has 0 aliphatic heterocycles. The molecule has 1 heterocycles. The number of aryl methyl sites for hydroxylation is 1. The van der Waals surface area contributed by atoms with Gasteiger partial charge in [0.1, 0.15) is 12.4 Å². The Morgan fingerprint density at radius 1 is 1.26 bits per heavy atom. The predicted molar refractivity (Wildman–Crippen MR) is 79.6 cm³/mol. The molecule has 0 atom stereocenters. The molecule has 1 aromatic carbocycles. The van der Waals surface area contributed by atoms with Crippen LogP contribution in [0.25, 0.3) is 0 Å². The molecule has 0 spiro atoms. The molecular weight excluding hydrogens is 256 g/mol. The fourth-order valence-corrected chi connectivity index (χ4v) is 2.45. The minimum Gasteiger partial charge on any atom is -0.488 e. The van der Waals surface area contributed by atoms with Crippen molar-refractivity contribution in [1.82, 2.24) is 10.3 Å². The number of ether oxygens (including phenoxy) is 1. The fraction of sp³-hybridized carbons (Fsp3) is 0.400. The van der Waals surface area contributed by atoms with Gasteiger partial charge < -0.3 is 10.1 Å². The number of benzene rings is 1. The lowest BCUT2D eigenvalue weighted by Gasteiger charge is -2.06. The van der Waals surface area contributed by atoms with E-state index in [-0.39, 0.29) is 0 Å². The Kier molecular flexibility index (Phi) is 5.36. The molecule has 0 bridgehead atoms. The van der Waals surface area contributed by atoms with Crippen LogP contribution >= 0.6 is 11.3 Å². The third-order valence-corrected chi connectivity index (χ3v) is 3.62. The van der Waals surface area contributed by atoms with Crippen LogP contribution in [0.4, 0.5) is 0 Å². The van der Waals surface area contributed by atoms with Crippen LogP contribution in [-0.4, -0.2) is 11.5 Å². The van der Waals surface area contributed by atoms with Gasteiger partial charge in [0.15, 0.2) is 0 Å². The van der Waals surface area contributed by atoms with Gasteiger partial charge in [-0.3, -0.25) is 0 Å². The Morgan fingerprint density at radius 3 is 2.68 bits per heavy atom. The topological polar surface area (TPSA) is 34.1 Å². The molecule has 4 heteroatoms. The van der Waals surface area contributed by atoms with Gasteiger partial charge in [0, 0.05) is 12.7 Å². The molecule has 0 aliphatic rings. The molecular formula is C15H20N2OS. The van der Waals surface area contributed by atoms with Crippen LogP contribution in [-0.2, 0) is 13.2 Å². The second kappa shape index (κ2) is 7.26. The van der Waals surface area contributed by atoms with Gasteiger partial charge in [0.25, 0.3) is 0 Å². The van der Waals surface area contributed by atoms with Crippen molar-refractivity contribution in [3.05, 3.63) is 45.9 Å². The van der Waals surface area contributed by atoms with E-state index in [1.165, 1.54) is 5.56 Å². The van der Waals surface area contributed by atoms with Crippen LogP contribution in [0.2, 0.25) is 0 Å². The zero-order chi connectivity index (χ0) is 13.5. The molecule has 2 rings (SSSR count). The molecule has 1 aromatic heterocycles. The van der Waals surface area contributed by atoms with E-state index >= 15 is 0 Å². The monoisotopic (exact) mass is 276 g/mol. The fourth-order valence-electron chi connectivity index (χ4n) is 1.74. The molecule has 0 amide bonds. The van der Waals surface area contributed by atoms with E-state index in [2.05, 4.69) is 29.4 Å². The van der Waals surface area contributed by atoms with Crippen LogP contribution in [0.1, 0.15) is 28.8 Å². The Morgan fingerprint density at radius 2 is 2.05 bits per heavy atom. The lowest BCUT2D eigenvalue weighted by Crippen LogP contribution is -2.13. The number of aromatic nitrogens is 1. The van der Waals surface area contributed by atoms with E-state index < -0.39 is 0 Å². The standard InChI is InChI=1S/C15H20N2OS/c1-3-8-16-9-13-4-6-14(7-5-13)18-11-15-10-17-12(2)19-15/h4-7,10,16H,3,8-9,11H2,1-2H3. The van der Waals surface area contributed by atoms with E-state index in [0.29, 0.717) is 6.61 Å². The average molecular weight is 276 g/mol. The average Bonchev–Trinajstić information content (AvgIpc) is 2.84. The molecule has 19 heavy (non-hydrogen) atoms. The van der Waals surface area contributed by atoms with Gasteiger partial charge in [-0.1, -0.05) is 19.1 Å². The van der Waals surface area contributed by atoms with Gasteiger partial charge in [0.2, 0.25) is 0 Å². The number of rotatable bonds is 7. The second-order valence-corrected chi connectivity index (χ2v) is 5.77. The van der Waals surface area contributed by atoms with E-state index in [4.69, 9.17) is 4.74 Å². The molecule has 0 saturated heterocycles. The summed E-state index contributed by atoms with van der Waals surface area (Å²) in [5.41, 5.74) is 1.29. The van der Waals surface area contributed by atoms with Crippen molar-refractivity contribution in [2.75, 3.05) is 6.54 Å². The number of thiazole rings is 1. The Balaban J connectivity index is 1.81. The Bertz CT molecular complexity index is 493. The van der Waals surface area contributed by atoms with E-state index in [1.54, 1.807) is 11.3 Å². The minimum absolute atomic E-state index is 0.596. The van der Waals surface area contributed by atoms with Crippen molar-refractivity contribution in [3.8, 4) is 5.75 Å². The third kappa shape index (κ3) is 4.65. The summed E-state index contributed by atoms with van der Waals surface area (Å²) in [5, 5.41) is 4.46. The van der Waals surface area contributed by atoms with Crippen LogP contribution in [0.15, 0.2) is 30.5 Å². The van der Waals surface area contributed by atoms with Crippen molar-refractivity contribution < 1.29 is 4.74 Å². The van der Waals surface area contributed by atoms with Gasteiger partial charge in [-0.25, -0.2) is 4.98 Å². The van der Waals surface area contributed by atoms with Crippen LogP contribution in [0.3, 0.4) is 0 Å². The summed E-state index contributed by atoms with van der Waals surface area (Å²) in [4.78, 5) is 5.37. The first-order chi connectivity index (χ1) is 9.28. The highest BCUT2D eigenvalue weighted by Crippen LogP contribution is 2.17. The molecule has 0 radical (unpaired) electrons. The first-order valence-electron chi connectivity index (χ1n) is 6.61. The maximum Gasteiger partial charge on any atom is 0.124 e. The van der Waals surface area contributed by atoms with Crippen LogP contribution in [0, 0.1) is 6.92 Å². The summed E-state index contributed by atoms with van der Waals surface area (Å²) in [5.74, 6) is 0.908. The lowest BCUT2D eigenvalue weighted by molar-refractivity contribution is 0.309. The van der Waals surface area contributed by atoms with Crippen molar-refractivity contribution in [2.45, 2.75) is 33.4 Å². The molecule has 3 nitrogen and oxygen atoms in total. The minimum atomic E-state index is 0.596. The highest BCUT2D eigenvalue weighted by molar-refractivity contribution is 7.11. The molecule has 0 saturated carbocycles. The smallest absolute Gasteiger partial charge is 0.124 e. The summed E-state index contributed by atoms with van der Waals surface area (Å²) in [7, 11) is 0. The van der Waals surface area contributed by atoms with Crippen molar-refractivity contribution in [3.63, 3.8) is 0 Å². The number of nitrogens with one attached hydrogen (secondary N) is 1. The molecule has 0 unspecified atom stereocenters. The van der Waals surface area contributed by atoms with Crippen molar-refractivity contribution >= 4 is 11.3 Å². The summed E-state index contributed by atoms with van der Waals surface area (Å²) in [6.07, 6.45) is 3.04. The highest BCUT2D eigenvalue weighted by Gasteiger charge is 2.00. The van der Waals surface area contributed by atoms with Crippen LogP contribution in [0.5, 0.6) is 5.75 Å². The quantitative estimate of drug-likeness (QED) is 0.786. The summed E-state index contributed by atoms with van der Waals surface area (Å²) in [6.45, 7) is 6.75. The van der Waals surface area contributed by atoms with Gasteiger partial charge in [-0.15, -0.1) is 11.3 Å². The number of nitrogens with zero attached hydrogens (tertiary/aromatic N) is 1. The number of hydrogen-bond donors (Lipinski definition) is 1. The first-order valence-corrected chi connectivity index (χ1v) is 7.43. The second-order valence-electron chi connectivity index (χ2n) is 4.45. The molecule has 2 aromatic rings. The van der Waals surface area contributed by atoms with Gasteiger partial charge >= 0.3 is 0 Å². The maximum atomic E-state index is 5.74. The van der Waals surface area contributed by atoms with Gasteiger partial charge in [0.05, 0.1) is 9.88 Å². The van der Waals surface area contributed by atoms with E-state index in [1.807, 2.05) is 25.3 Å². The third-order valence-electron chi connectivity index (χ3n) is 2.73. The molecule has 102 valence electrons. The van der Waals surface area contributed by atoms with Crippen molar-refractivity contribution in [1.29, 1.82) is 0 Å². The SMILES string of the molecule is CCCNCc1ccc(OCc2cnc(C)s2)cc1. The normalized spacial score (nSPS) is 10.6. The van der Waals surface area contributed by atoms with Gasteiger partial charge in [-0.2, -0.15) is 0 Å². The zero-order valence-corrected chi connectivity index (χ0v) is 12.3.